The molecular weight excluding hydrogens is 330 g/mol. The summed E-state index contributed by atoms with van der Waals surface area (Å²) in [5.74, 6) is 1.78. The number of guanidine groups is 1. The Morgan fingerprint density at radius 3 is 2.65 bits per heavy atom. The van der Waals surface area contributed by atoms with Crippen molar-refractivity contribution >= 4 is 5.96 Å². The van der Waals surface area contributed by atoms with Gasteiger partial charge in [-0.1, -0.05) is 5.16 Å². The Morgan fingerprint density at radius 2 is 2.08 bits per heavy atom. The van der Waals surface area contributed by atoms with Gasteiger partial charge in [0.25, 0.3) is 0 Å². The number of hydrogen-bond donors (Lipinski definition) is 2. The predicted octanol–water partition coefficient (Wildman–Crippen LogP) is 1.89. The van der Waals surface area contributed by atoms with Crippen molar-refractivity contribution in [2.75, 3.05) is 39.8 Å². The Labute approximate surface area is 157 Å². The van der Waals surface area contributed by atoms with Crippen LogP contribution in [-0.2, 0) is 11.2 Å². The maximum absolute atomic E-state index is 5.65. The molecule has 0 atom stereocenters. The predicted molar refractivity (Wildman–Crippen MR) is 105 cm³/mol. The molecule has 2 heterocycles. The van der Waals surface area contributed by atoms with E-state index in [-0.39, 0.29) is 0 Å². The molecule has 0 aromatic carbocycles. The zero-order valence-corrected chi connectivity index (χ0v) is 17.0. The minimum Gasteiger partial charge on any atom is -0.377 e. The molecule has 2 N–H and O–H groups in total. The summed E-state index contributed by atoms with van der Waals surface area (Å²) < 4.78 is 10.9. The molecule has 0 saturated carbocycles. The molecule has 0 bridgehead atoms. The van der Waals surface area contributed by atoms with Crippen LogP contribution in [0.2, 0.25) is 0 Å². The summed E-state index contributed by atoms with van der Waals surface area (Å²) in [4.78, 5) is 6.84. The summed E-state index contributed by atoms with van der Waals surface area (Å²) in [6.45, 7) is 13.0. The summed E-state index contributed by atoms with van der Waals surface area (Å²) in [5, 5.41) is 11.0. The largest absolute Gasteiger partial charge is 0.377 e. The van der Waals surface area contributed by atoms with Crippen molar-refractivity contribution in [3.63, 3.8) is 0 Å². The molecule has 0 amide bonds. The first-order chi connectivity index (χ1) is 12.5. The summed E-state index contributed by atoms with van der Waals surface area (Å²) in [5.41, 5.74) is 2.16. The third-order valence-corrected chi connectivity index (χ3v) is 4.86. The Balaban J connectivity index is 1.66. The minimum atomic E-state index is 0.314. The van der Waals surface area contributed by atoms with Gasteiger partial charge in [-0.25, -0.2) is 0 Å². The highest BCUT2D eigenvalue weighted by atomic mass is 16.5. The normalized spacial score (nSPS) is 17.1. The Kier molecular flexibility index (Phi) is 8.38. The van der Waals surface area contributed by atoms with E-state index in [2.05, 4.69) is 39.5 Å². The van der Waals surface area contributed by atoms with E-state index in [1.54, 1.807) is 0 Å². The molecule has 26 heavy (non-hydrogen) atoms. The number of ether oxygens (including phenoxy) is 1. The lowest BCUT2D eigenvalue weighted by Gasteiger charge is -2.33. The molecule has 7 heteroatoms. The zero-order valence-electron chi connectivity index (χ0n) is 17.0. The minimum absolute atomic E-state index is 0.314. The molecule has 1 saturated heterocycles. The molecule has 0 radical (unpaired) electrons. The monoisotopic (exact) mass is 365 g/mol. The number of aliphatic imine (C=N–C) groups is 1. The molecule has 0 aliphatic carbocycles. The van der Waals surface area contributed by atoms with Gasteiger partial charge in [0.15, 0.2) is 5.96 Å². The number of aryl methyl sites for hydroxylation is 2. The van der Waals surface area contributed by atoms with Crippen molar-refractivity contribution in [3.8, 4) is 0 Å². The highest BCUT2D eigenvalue weighted by Gasteiger charge is 2.20. The second-order valence-corrected chi connectivity index (χ2v) is 7.23. The molecule has 1 aromatic heterocycles. The van der Waals surface area contributed by atoms with Gasteiger partial charge < -0.3 is 24.8 Å². The van der Waals surface area contributed by atoms with Crippen LogP contribution in [-0.4, -0.2) is 68.0 Å². The molecule has 148 valence electrons. The summed E-state index contributed by atoms with van der Waals surface area (Å²) in [6, 6.07) is 0.475. The third-order valence-electron chi connectivity index (χ3n) is 4.86. The van der Waals surface area contributed by atoms with E-state index < -0.39 is 0 Å². The van der Waals surface area contributed by atoms with Gasteiger partial charge in [-0.15, -0.1) is 0 Å². The smallest absolute Gasteiger partial charge is 0.191 e. The van der Waals surface area contributed by atoms with Gasteiger partial charge in [0.2, 0.25) is 0 Å². The lowest BCUT2D eigenvalue weighted by Crippen LogP contribution is -2.49. The van der Waals surface area contributed by atoms with E-state index >= 15 is 0 Å². The number of nitrogens with one attached hydrogen (secondary N) is 2. The molecule has 1 aliphatic heterocycles. The molecular formula is C19H35N5O2. The zero-order chi connectivity index (χ0) is 18.9. The van der Waals surface area contributed by atoms with Crippen molar-refractivity contribution in [1.82, 2.24) is 20.7 Å². The molecule has 1 fully saturated rings. The Hall–Kier alpha value is -1.60. The van der Waals surface area contributed by atoms with Gasteiger partial charge in [-0.05, 0) is 47.0 Å². The second-order valence-electron chi connectivity index (χ2n) is 7.23. The Morgan fingerprint density at radius 1 is 1.35 bits per heavy atom. The van der Waals surface area contributed by atoms with E-state index in [9.17, 15) is 0 Å². The number of likely N-dealkylation sites (tertiary alicyclic amines) is 1. The van der Waals surface area contributed by atoms with Crippen LogP contribution in [0.5, 0.6) is 0 Å². The van der Waals surface area contributed by atoms with E-state index in [1.807, 2.05) is 20.9 Å². The van der Waals surface area contributed by atoms with Crippen molar-refractivity contribution in [3.05, 3.63) is 17.0 Å². The highest BCUT2D eigenvalue weighted by molar-refractivity contribution is 5.79. The van der Waals surface area contributed by atoms with Gasteiger partial charge in [0, 0.05) is 44.8 Å². The van der Waals surface area contributed by atoms with Crippen molar-refractivity contribution in [2.24, 2.45) is 4.99 Å². The fourth-order valence-electron chi connectivity index (χ4n) is 3.27. The fraction of sp³-hybridized carbons (Fsp3) is 0.789. The molecule has 0 unspecified atom stereocenters. The summed E-state index contributed by atoms with van der Waals surface area (Å²) in [6.07, 6.45) is 3.46. The third kappa shape index (κ3) is 6.61. The van der Waals surface area contributed by atoms with Crippen LogP contribution in [0, 0.1) is 13.8 Å². The van der Waals surface area contributed by atoms with Crippen molar-refractivity contribution in [1.29, 1.82) is 0 Å². The SMILES string of the molecule is CN=C(NCCc1c(C)noc1C)NC1CCN(CCOC(C)C)CC1. The van der Waals surface area contributed by atoms with Gasteiger partial charge in [0.1, 0.15) is 5.76 Å². The quantitative estimate of drug-likeness (QED) is 0.541. The van der Waals surface area contributed by atoms with Gasteiger partial charge >= 0.3 is 0 Å². The van der Waals surface area contributed by atoms with Gasteiger partial charge in [-0.3, -0.25) is 4.99 Å². The van der Waals surface area contributed by atoms with Crippen LogP contribution < -0.4 is 10.6 Å². The van der Waals surface area contributed by atoms with Crippen molar-refractivity contribution < 1.29 is 9.26 Å². The van der Waals surface area contributed by atoms with Crippen molar-refractivity contribution in [2.45, 2.75) is 59.1 Å². The number of hydrogen-bond acceptors (Lipinski definition) is 5. The molecule has 2 rings (SSSR count). The molecule has 0 spiro atoms. The van der Waals surface area contributed by atoms with Crippen LogP contribution in [0.3, 0.4) is 0 Å². The number of aromatic nitrogens is 1. The lowest BCUT2D eigenvalue weighted by atomic mass is 10.1. The van der Waals surface area contributed by atoms with Crippen LogP contribution in [0.1, 0.15) is 43.7 Å². The van der Waals surface area contributed by atoms with E-state index in [0.29, 0.717) is 12.1 Å². The first-order valence-electron chi connectivity index (χ1n) is 9.72. The fourth-order valence-corrected chi connectivity index (χ4v) is 3.27. The highest BCUT2D eigenvalue weighted by Crippen LogP contribution is 2.12. The average molecular weight is 366 g/mol. The molecule has 7 nitrogen and oxygen atoms in total. The summed E-state index contributed by atoms with van der Waals surface area (Å²) in [7, 11) is 1.82. The number of nitrogens with zero attached hydrogens (tertiary/aromatic N) is 3. The van der Waals surface area contributed by atoms with E-state index in [0.717, 1.165) is 69.5 Å². The van der Waals surface area contributed by atoms with Crippen LogP contribution in [0.15, 0.2) is 9.52 Å². The first kappa shape index (κ1) is 20.7. The average Bonchev–Trinajstić information content (AvgIpc) is 2.93. The van der Waals surface area contributed by atoms with Gasteiger partial charge in [-0.2, -0.15) is 0 Å². The van der Waals surface area contributed by atoms with Crippen LogP contribution in [0.4, 0.5) is 0 Å². The van der Waals surface area contributed by atoms with E-state index in [4.69, 9.17) is 9.26 Å². The maximum atomic E-state index is 5.65. The Bertz CT molecular complexity index is 543. The van der Waals surface area contributed by atoms with Crippen LogP contribution in [0.25, 0.3) is 0 Å². The second kappa shape index (κ2) is 10.5. The lowest BCUT2D eigenvalue weighted by molar-refractivity contribution is 0.0532. The van der Waals surface area contributed by atoms with E-state index in [1.165, 1.54) is 5.56 Å². The number of rotatable bonds is 8. The van der Waals surface area contributed by atoms with Gasteiger partial charge in [0.05, 0.1) is 18.4 Å². The standard InChI is InChI=1S/C19H35N5O2/c1-14(2)25-13-12-24-10-7-17(8-11-24)22-19(20-5)21-9-6-18-15(3)23-26-16(18)4/h14,17H,6-13H2,1-5H3,(H2,20,21,22). The maximum Gasteiger partial charge on any atom is 0.191 e. The molecule has 1 aromatic rings. The van der Waals surface area contributed by atoms with Crippen LogP contribution >= 0.6 is 0 Å². The molecule has 1 aliphatic rings. The topological polar surface area (TPSA) is 74.9 Å². The first-order valence-corrected chi connectivity index (χ1v) is 9.72. The number of piperidine rings is 1. The summed E-state index contributed by atoms with van der Waals surface area (Å²) >= 11 is 0.